The highest BCUT2D eigenvalue weighted by Gasteiger charge is 2.34. The molecule has 0 saturated heterocycles. The first-order chi connectivity index (χ1) is 15.0. The molecule has 0 spiro atoms. The van der Waals surface area contributed by atoms with Crippen LogP contribution in [0.5, 0.6) is 0 Å². The van der Waals surface area contributed by atoms with Gasteiger partial charge < -0.3 is 9.84 Å². The first-order valence-electron chi connectivity index (χ1n) is 10.6. The van der Waals surface area contributed by atoms with Gasteiger partial charge in [-0.05, 0) is 49.8 Å². The average molecular weight is 493 g/mol. The molecule has 1 amide bonds. The molecule has 7 nitrogen and oxygen atoms in total. The van der Waals surface area contributed by atoms with Gasteiger partial charge in [0.15, 0.2) is 0 Å². The lowest BCUT2D eigenvalue weighted by Gasteiger charge is -2.27. The molecule has 180 valence electrons. The van der Waals surface area contributed by atoms with Crippen molar-refractivity contribution in [2.24, 2.45) is 0 Å². The second kappa shape index (κ2) is 13.9. The number of rotatable bonds is 9. The molecule has 1 heterocycles. The molecule has 0 saturated carbocycles. The molecule has 0 aromatic heterocycles. The van der Waals surface area contributed by atoms with E-state index in [0.29, 0.717) is 31.4 Å². The van der Waals surface area contributed by atoms with Crippen molar-refractivity contribution in [3.8, 4) is 0 Å². The molecule has 1 aliphatic heterocycles. The number of ether oxygens (including phenoxy) is 1. The normalized spacial score (nSPS) is 15.8. The zero-order valence-corrected chi connectivity index (χ0v) is 20.6. The number of carbonyl (C=O) groups excluding carboxylic acids is 2. The minimum atomic E-state index is -1.09. The molecule has 0 fully saturated rings. The molecule has 2 aromatic rings. The van der Waals surface area contributed by atoms with Gasteiger partial charge in [-0.1, -0.05) is 48.5 Å². The number of aryl methyl sites for hydroxylation is 2. The molecule has 0 bridgehead atoms. The van der Waals surface area contributed by atoms with E-state index in [9.17, 15) is 19.5 Å². The van der Waals surface area contributed by atoms with Crippen molar-refractivity contribution < 1.29 is 24.2 Å². The number of benzene rings is 2. The molecule has 9 heteroatoms. The van der Waals surface area contributed by atoms with Crippen LogP contribution in [0.25, 0.3) is 0 Å². The second-order valence-electron chi connectivity index (χ2n) is 7.53. The van der Waals surface area contributed by atoms with E-state index in [-0.39, 0.29) is 39.5 Å². The van der Waals surface area contributed by atoms with E-state index in [4.69, 9.17) is 4.74 Å². The molecular weight excluding hydrogens is 460 g/mol. The van der Waals surface area contributed by atoms with Crippen LogP contribution >= 0.6 is 27.0 Å². The van der Waals surface area contributed by atoms with Crippen molar-refractivity contribution >= 4 is 50.5 Å². The van der Waals surface area contributed by atoms with Gasteiger partial charge in [0.25, 0.3) is 0 Å². The fourth-order valence-corrected chi connectivity index (χ4v) is 3.88. The van der Waals surface area contributed by atoms with Gasteiger partial charge in [0, 0.05) is 5.69 Å². The van der Waals surface area contributed by atoms with Crippen LogP contribution in [0.4, 0.5) is 5.69 Å². The smallest absolute Gasteiger partial charge is 0.323 e. The summed E-state index contributed by atoms with van der Waals surface area (Å²) in [5.41, 5.74) is 2.61. The number of para-hydroxylation sites is 1. The fourth-order valence-electron chi connectivity index (χ4n) is 3.88. The number of nitrogens with one attached hydrogen (secondary N) is 1. The predicted molar refractivity (Wildman–Crippen MR) is 138 cm³/mol. The summed E-state index contributed by atoms with van der Waals surface area (Å²) in [4.78, 5) is 38.6. The highest BCUT2D eigenvalue weighted by molar-refractivity contribution is 7.59. The summed E-state index contributed by atoms with van der Waals surface area (Å²) in [5.74, 6) is -1.84. The standard InChI is InChI=1S/C24H28N2O5.2H2S/c1-2-31-24(30)20(14-12-17-8-4-3-5-9-17)25-19-15-13-18-10-6-7-11-21(18)26(23(19)29)16-22(27)28;;/h3-11,19-20,25H,2,12-16H2,1H3,(H,27,28);2*1H2/t19-,20-;;/m0../s1. The highest BCUT2D eigenvalue weighted by atomic mass is 32.1. The summed E-state index contributed by atoms with van der Waals surface area (Å²) in [6.45, 7) is 1.56. The number of carboxylic acid groups (broad SMARTS) is 1. The van der Waals surface area contributed by atoms with Gasteiger partial charge in [-0.2, -0.15) is 27.0 Å². The van der Waals surface area contributed by atoms with Gasteiger partial charge in [-0.15, -0.1) is 0 Å². The molecule has 3 rings (SSSR count). The number of nitrogens with zero attached hydrogens (tertiary/aromatic N) is 1. The summed E-state index contributed by atoms with van der Waals surface area (Å²) < 4.78 is 5.23. The Morgan fingerprint density at radius 3 is 2.45 bits per heavy atom. The van der Waals surface area contributed by atoms with Gasteiger partial charge in [0.2, 0.25) is 5.91 Å². The van der Waals surface area contributed by atoms with Crippen LogP contribution in [-0.4, -0.2) is 48.2 Å². The fraction of sp³-hybridized carbons (Fsp3) is 0.375. The van der Waals surface area contributed by atoms with Crippen LogP contribution in [0.3, 0.4) is 0 Å². The zero-order valence-electron chi connectivity index (χ0n) is 18.6. The molecule has 0 unspecified atom stereocenters. The van der Waals surface area contributed by atoms with Crippen LogP contribution in [0.1, 0.15) is 30.9 Å². The lowest BCUT2D eigenvalue weighted by molar-refractivity contribution is -0.146. The summed E-state index contributed by atoms with van der Waals surface area (Å²) >= 11 is 0. The summed E-state index contributed by atoms with van der Waals surface area (Å²) in [7, 11) is 0. The summed E-state index contributed by atoms with van der Waals surface area (Å²) in [5, 5.41) is 12.5. The zero-order chi connectivity index (χ0) is 22.2. The van der Waals surface area contributed by atoms with Crippen molar-refractivity contribution in [2.75, 3.05) is 18.1 Å². The number of hydrogen-bond donors (Lipinski definition) is 2. The molecule has 1 aliphatic rings. The number of carboxylic acids is 1. The molecule has 2 aromatic carbocycles. The van der Waals surface area contributed by atoms with Crippen molar-refractivity contribution in [2.45, 2.75) is 44.7 Å². The molecular formula is C24H32N2O5S2. The number of hydrogen-bond acceptors (Lipinski definition) is 5. The first-order valence-corrected chi connectivity index (χ1v) is 10.6. The topological polar surface area (TPSA) is 95.9 Å². The Balaban J connectivity index is 0.00000272. The third-order valence-electron chi connectivity index (χ3n) is 5.38. The van der Waals surface area contributed by atoms with Crippen LogP contribution in [0, 0.1) is 0 Å². The Morgan fingerprint density at radius 1 is 1.12 bits per heavy atom. The van der Waals surface area contributed by atoms with Crippen LogP contribution in [0.15, 0.2) is 54.6 Å². The highest BCUT2D eigenvalue weighted by Crippen LogP contribution is 2.27. The molecule has 33 heavy (non-hydrogen) atoms. The number of carbonyl (C=O) groups is 3. The number of aliphatic carboxylic acids is 1. The monoisotopic (exact) mass is 492 g/mol. The number of fused-ring (bicyclic) bond motifs is 1. The van der Waals surface area contributed by atoms with Gasteiger partial charge in [-0.25, -0.2) is 0 Å². The van der Waals surface area contributed by atoms with Crippen LogP contribution < -0.4 is 10.2 Å². The SMILES string of the molecule is CCOC(=O)[C@H](CCc1ccccc1)N[C@H]1CCc2ccccc2N(CC(=O)O)C1=O.S.S. The third-order valence-corrected chi connectivity index (χ3v) is 5.38. The van der Waals surface area contributed by atoms with E-state index in [1.807, 2.05) is 42.5 Å². The van der Waals surface area contributed by atoms with E-state index in [0.717, 1.165) is 11.1 Å². The Hall–Kier alpha value is -2.49. The van der Waals surface area contributed by atoms with Crippen molar-refractivity contribution in [3.05, 3.63) is 65.7 Å². The number of anilines is 1. The Morgan fingerprint density at radius 2 is 1.79 bits per heavy atom. The lowest BCUT2D eigenvalue weighted by atomic mass is 10.0. The van der Waals surface area contributed by atoms with Crippen LogP contribution in [0.2, 0.25) is 0 Å². The Bertz CT molecular complexity index is 926. The largest absolute Gasteiger partial charge is 0.480 e. The quantitative estimate of drug-likeness (QED) is 0.523. The minimum absolute atomic E-state index is 0. The Kier molecular flexibility index (Phi) is 12.0. The van der Waals surface area contributed by atoms with Gasteiger partial charge in [-0.3, -0.25) is 24.6 Å². The van der Waals surface area contributed by atoms with E-state index < -0.39 is 30.6 Å². The van der Waals surface area contributed by atoms with E-state index in [1.165, 1.54) is 4.90 Å². The first kappa shape index (κ1) is 28.5. The van der Waals surface area contributed by atoms with E-state index >= 15 is 0 Å². The molecule has 0 aliphatic carbocycles. The summed E-state index contributed by atoms with van der Waals surface area (Å²) in [6.07, 6.45) is 2.19. The van der Waals surface area contributed by atoms with Crippen LogP contribution in [-0.2, 0) is 32.0 Å². The maximum atomic E-state index is 13.3. The Labute approximate surface area is 208 Å². The van der Waals surface area contributed by atoms with E-state index in [1.54, 1.807) is 19.1 Å². The molecule has 2 N–H and O–H groups in total. The van der Waals surface area contributed by atoms with Crippen molar-refractivity contribution in [1.82, 2.24) is 5.32 Å². The maximum Gasteiger partial charge on any atom is 0.323 e. The van der Waals surface area contributed by atoms with E-state index in [2.05, 4.69) is 5.32 Å². The predicted octanol–water partition coefficient (Wildman–Crippen LogP) is 2.80. The van der Waals surface area contributed by atoms with Crippen molar-refractivity contribution in [1.29, 1.82) is 0 Å². The second-order valence-corrected chi connectivity index (χ2v) is 7.53. The average Bonchev–Trinajstić information content (AvgIpc) is 2.89. The van der Waals surface area contributed by atoms with Crippen molar-refractivity contribution in [3.63, 3.8) is 0 Å². The van der Waals surface area contributed by atoms with Gasteiger partial charge in [0.05, 0.1) is 12.6 Å². The third kappa shape index (κ3) is 7.80. The molecule has 2 atom stereocenters. The minimum Gasteiger partial charge on any atom is -0.480 e. The summed E-state index contributed by atoms with van der Waals surface area (Å²) in [6, 6.07) is 15.8. The maximum absolute atomic E-state index is 13.3. The lowest BCUT2D eigenvalue weighted by Crippen LogP contribution is -2.53. The van der Waals surface area contributed by atoms with Gasteiger partial charge in [0.1, 0.15) is 12.6 Å². The van der Waals surface area contributed by atoms with Gasteiger partial charge >= 0.3 is 11.9 Å². The number of amides is 1. The number of esters is 1. The molecule has 0 radical (unpaired) electrons.